The summed E-state index contributed by atoms with van der Waals surface area (Å²) in [5.41, 5.74) is 3.72. The zero-order valence-corrected chi connectivity index (χ0v) is 18.2. The summed E-state index contributed by atoms with van der Waals surface area (Å²) in [6.45, 7) is 0.284. The van der Waals surface area contributed by atoms with Crippen molar-refractivity contribution < 1.29 is 9.59 Å². The van der Waals surface area contributed by atoms with E-state index in [-0.39, 0.29) is 18.4 Å². The van der Waals surface area contributed by atoms with Crippen molar-refractivity contribution in [2.24, 2.45) is 0 Å². The lowest BCUT2D eigenvalue weighted by Crippen LogP contribution is -2.23. The maximum absolute atomic E-state index is 12.8. The third kappa shape index (κ3) is 5.06. The quantitative estimate of drug-likeness (QED) is 0.369. The SMILES string of the molecule is O=C(NCc1cccc(NC(=O)c2cccc(-n3cnnn3)c2)c1)c1cccc(-n2cnnn2)c1. The molecule has 12 nitrogen and oxygen atoms in total. The molecule has 12 heteroatoms. The Morgan fingerprint density at radius 1 is 0.714 bits per heavy atom. The van der Waals surface area contributed by atoms with Gasteiger partial charge in [-0.15, -0.1) is 10.2 Å². The molecule has 0 radical (unpaired) electrons. The number of anilines is 1. The van der Waals surface area contributed by atoms with Crippen LogP contribution in [0.5, 0.6) is 0 Å². The highest BCUT2D eigenvalue weighted by atomic mass is 16.2. The van der Waals surface area contributed by atoms with Crippen LogP contribution < -0.4 is 10.6 Å². The van der Waals surface area contributed by atoms with Gasteiger partial charge in [-0.1, -0.05) is 24.3 Å². The fraction of sp³-hybridized carbons (Fsp3) is 0.0435. The molecule has 2 amide bonds. The van der Waals surface area contributed by atoms with E-state index in [4.69, 9.17) is 0 Å². The molecule has 0 saturated heterocycles. The summed E-state index contributed by atoms with van der Waals surface area (Å²) in [6, 6.07) is 21.2. The summed E-state index contributed by atoms with van der Waals surface area (Å²) in [6.07, 6.45) is 2.91. The van der Waals surface area contributed by atoms with E-state index in [2.05, 4.69) is 41.7 Å². The average molecular weight is 466 g/mol. The van der Waals surface area contributed by atoms with Crippen LogP contribution in [0.25, 0.3) is 11.4 Å². The zero-order chi connectivity index (χ0) is 24.0. The number of tetrazole rings is 2. The Morgan fingerprint density at radius 3 is 1.91 bits per heavy atom. The number of carbonyl (C=O) groups is 2. The fourth-order valence-electron chi connectivity index (χ4n) is 3.39. The van der Waals surface area contributed by atoms with Gasteiger partial charge in [0.15, 0.2) is 0 Å². The summed E-state index contributed by atoms with van der Waals surface area (Å²) in [5.74, 6) is -0.519. The first-order valence-corrected chi connectivity index (χ1v) is 10.5. The second-order valence-corrected chi connectivity index (χ2v) is 7.45. The van der Waals surface area contributed by atoms with Crippen molar-refractivity contribution in [1.82, 2.24) is 45.7 Å². The highest BCUT2D eigenvalue weighted by Crippen LogP contribution is 2.15. The number of hydrogen-bond acceptors (Lipinski definition) is 8. The third-order valence-corrected chi connectivity index (χ3v) is 5.08. The van der Waals surface area contributed by atoms with Gasteiger partial charge in [-0.2, -0.15) is 0 Å². The first-order chi connectivity index (χ1) is 17.2. The van der Waals surface area contributed by atoms with Crippen molar-refractivity contribution >= 4 is 17.5 Å². The van der Waals surface area contributed by atoms with Crippen molar-refractivity contribution in [3.8, 4) is 11.4 Å². The number of nitrogens with zero attached hydrogens (tertiary/aromatic N) is 8. The van der Waals surface area contributed by atoms with E-state index in [1.165, 1.54) is 22.0 Å². The van der Waals surface area contributed by atoms with Gasteiger partial charge in [-0.3, -0.25) is 9.59 Å². The predicted molar refractivity (Wildman–Crippen MR) is 124 cm³/mol. The van der Waals surface area contributed by atoms with Crippen LogP contribution in [0.15, 0.2) is 85.5 Å². The molecule has 5 aromatic rings. The lowest BCUT2D eigenvalue weighted by atomic mass is 10.1. The summed E-state index contributed by atoms with van der Waals surface area (Å²) >= 11 is 0. The van der Waals surface area contributed by atoms with Gasteiger partial charge in [0, 0.05) is 23.4 Å². The van der Waals surface area contributed by atoms with Crippen LogP contribution >= 0.6 is 0 Å². The van der Waals surface area contributed by atoms with Gasteiger partial charge in [-0.25, -0.2) is 9.36 Å². The Hall–Kier alpha value is -5.26. The first kappa shape index (κ1) is 21.6. The smallest absolute Gasteiger partial charge is 0.255 e. The first-order valence-electron chi connectivity index (χ1n) is 10.5. The monoisotopic (exact) mass is 466 g/mol. The minimum atomic E-state index is -0.277. The normalized spacial score (nSPS) is 10.6. The van der Waals surface area contributed by atoms with Crippen LogP contribution in [0.3, 0.4) is 0 Å². The molecule has 0 atom stereocenters. The predicted octanol–water partition coefficient (Wildman–Crippen LogP) is 1.82. The van der Waals surface area contributed by atoms with Crippen molar-refractivity contribution in [3.05, 3.63) is 102 Å². The lowest BCUT2D eigenvalue weighted by Gasteiger charge is -2.10. The van der Waals surface area contributed by atoms with Gasteiger partial charge in [0.05, 0.1) is 11.4 Å². The summed E-state index contributed by atoms with van der Waals surface area (Å²) in [5, 5.41) is 27.9. The summed E-state index contributed by atoms with van der Waals surface area (Å²) in [7, 11) is 0. The molecule has 0 aliphatic rings. The van der Waals surface area contributed by atoms with E-state index in [9.17, 15) is 9.59 Å². The average Bonchev–Trinajstić information content (AvgIpc) is 3.63. The molecule has 0 aliphatic heterocycles. The van der Waals surface area contributed by atoms with Gasteiger partial charge in [0.2, 0.25) is 0 Å². The number of rotatable bonds is 7. The van der Waals surface area contributed by atoms with Crippen LogP contribution in [0.2, 0.25) is 0 Å². The molecule has 3 aromatic carbocycles. The second-order valence-electron chi connectivity index (χ2n) is 7.45. The highest BCUT2D eigenvalue weighted by molar-refractivity contribution is 6.04. The lowest BCUT2D eigenvalue weighted by molar-refractivity contribution is 0.0950. The minimum absolute atomic E-state index is 0.242. The standard InChI is InChI=1S/C23H18N10O2/c34-22(17-5-2-8-20(11-17)32-14-25-28-30-32)24-13-16-4-1-7-19(10-16)27-23(35)18-6-3-9-21(12-18)33-15-26-29-31-33/h1-12,14-15H,13H2,(H,24,34)(H,27,35). The number of nitrogens with one attached hydrogen (secondary N) is 2. The van der Waals surface area contributed by atoms with Gasteiger partial charge in [0.25, 0.3) is 11.8 Å². The molecule has 0 fully saturated rings. The fourth-order valence-corrected chi connectivity index (χ4v) is 3.39. The number of carbonyl (C=O) groups excluding carboxylic acids is 2. The number of aromatic nitrogens is 8. The van der Waals surface area contributed by atoms with E-state index in [1.54, 1.807) is 60.7 Å². The van der Waals surface area contributed by atoms with Crippen LogP contribution in [0.4, 0.5) is 5.69 Å². The maximum atomic E-state index is 12.8. The Bertz CT molecular complexity index is 1470. The molecule has 0 saturated carbocycles. The second kappa shape index (κ2) is 9.70. The minimum Gasteiger partial charge on any atom is -0.348 e. The Balaban J connectivity index is 1.23. The van der Waals surface area contributed by atoms with E-state index in [0.717, 1.165) is 5.56 Å². The number of hydrogen-bond donors (Lipinski definition) is 2. The molecule has 2 heterocycles. The highest BCUT2D eigenvalue weighted by Gasteiger charge is 2.10. The molecule has 0 spiro atoms. The maximum Gasteiger partial charge on any atom is 0.255 e. The molecular weight excluding hydrogens is 448 g/mol. The van der Waals surface area contributed by atoms with Crippen LogP contribution in [0.1, 0.15) is 26.3 Å². The zero-order valence-electron chi connectivity index (χ0n) is 18.2. The van der Waals surface area contributed by atoms with Crippen molar-refractivity contribution in [1.29, 1.82) is 0 Å². The van der Waals surface area contributed by atoms with E-state index in [0.29, 0.717) is 28.2 Å². The molecule has 0 unspecified atom stereocenters. The van der Waals surface area contributed by atoms with Crippen molar-refractivity contribution in [2.75, 3.05) is 5.32 Å². The van der Waals surface area contributed by atoms with Gasteiger partial charge < -0.3 is 10.6 Å². The van der Waals surface area contributed by atoms with E-state index in [1.807, 2.05) is 12.1 Å². The molecule has 0 aliphatic carbocycles. The van der Waals surface area contributed by atoms with Crippen LogP contribution in [-0.4, -0.2) is 52.2 Å². The van der Waals surface area contributed by atoms with Gasteiger partial charge in [-0.05, 0) is 74.9 Å². The van der Waals surface area contributed by atoms with Crippen molar-refractivity contribution in [3.63, 3.8) is 0 Å². The number of benzene rings is 3. The summed E-state index contributed by atoms with van der Waals surface area (Å²) in [4.78, 5) is 25.4. The van der Waals surface area contributed by atoms with Crippen LogP contribution in [0, 0.1) is 0 Å². The molecule has 2 aromatic heterocycles. The van der Waals surface area contributed by atoms with E-state index >= 15 is 0 Å². The summed E-state index contributed by atoms with van der Waals surface area (Å²) < 4.78 is 2.94. The molecule has 0 bridgehead atoms. The van der Waals surface area contributed by atoms with E-state index < -0.39 is 0 Å². The van der Waals surface area contributed by atoms with Gasteiger partial charge in [0.1, 0.15) is 12.7 Å². The Kier molecular flexibility index (Phi) is 5.98. The third-order valence-electron chi connectivity index (χ3n) is 5.08. The topological polar surface area (TPSA) is 145 Å². The van der Waals surface area contributed by atoms with Crippen LogP contribution in [-0.2, 0) is 6.54 Å². The molecule has 172 valence electrons. The van der Waals surface area contributed by atoms with Crippen molar-refractivity contribution in [2.45, 2.75) is 6.54 Å². The Morgan fingerprint density at radius 2 is 1.31 bits per heavy atom. The molecular formula is C23H18N10O2. The molecule has 5 rings (SSSR count). The molecule has 35 heavy (non-hydrogen) atoms. The molecule has 2 N–H and O–H groups in total. The Labute approximate surface area is 198 Å². The van der Waals surface area contributed by atoms with Gasteiger partial charge >= 0.3 is 0 Å². The number of amides is 2. The largest absolute Gasteiger partial charge is 0.348 e.